The summed E-state index contributed by atoms with van der Waals surface area (Å²) in [6, 6.07) is 12.2. The van der Waals surface area contributed by atoms with Gasteiger partial charge in [0, 0.05) is 11.4 Å². The molecule has 1 aliphatic rings. The van der Waals surface area contributed by atoms with Crippen LogP contribution >= 0.6 is 11.3 Å². The van der Waals surface area contributed by atoms with Gasteiger partial charge in [-0.3, -0.25) is 0 Å². The van der Waals surface area contributed by atoms with E-state index in [1.807, 2.05) is 52.5 Å². The molecule has 2 heterocycles. The van der Waals surface area contributed by atoms with Crippen LogP contribution in [0.2, 0.25) is 0 Å². The Balaban J connectivity index is 2.06. The molecule has 2 aromatic rings. The first kappa shape index (κ1) is 17.2. The van der Waals surface area contributed by atoms with Crippen molar-refractivity contribution in [3.63, 3.8) is 0 Å². The number of benzene rings is 1. The zero-order valence-corrected chi connectivity index (χ0v) is 15.2. The topological polar surface area (TPSA) is 45.1 Å². The Morgan fingerprint density at radius 1 is 1.36 bits per heavy atom. The lowest BCUT2D eigenvalue weighted by Gasteiger charge is -2.30. The van der Waals surface area contributed by atoms with Gasteiger partial charge in [0.05, 0.1) is 12.3 Å². The first-order chi connectivity index (χ1) is 12.2. The molecule has 0 N–H and O–H groups in total. The van der Waals surface area contributed by atoms with E-state index in [4.69, 9.17) is 4.74 Å². The monoisotopic (exact) mass is 355 g/mol. The molecule has 0 amide bonds. The average Bonchev–Trinajstić information content (AvgIpc) is 3.24. The van der Waals surface area contributed by atoms with E-state index >= 15 is 0 Å². The van der Waals surface area contributed by atoms with Crippen LogP contribution in [0.5, 0.6) is 0 Å². The summed E-state index contributed by atoms with van der Waals surface area (Å²) in [6.45, 7) is 8.48. The Bertz CT molecular complexity index is 768. The molecule has 25 heavy (non-hydrogen) atoms. The molecule has 0 radical (unpaired) electrons. The van der Waals surface area contributed by atoms with Crippen molar-refractivity contribution in [2.45, 2.75) is 20.0 Å². The minimum absolute atomic E-state index is 0.194. The highest BCUT2D eigenvalue weighted by Gasteiger charge is 2.39. The first-order valence-corrected chi connectivity index (χ1v) is 9.06. The van der Waals surface area contributed by atoms with Gasteiger partial charge >= 0.3 is 5.97 Å². The third kappa shape index (κ3) is 3.44. The van der Waals surface area contributed by atoms with E-state index in [0.717, 1.165) is 10.6 Å². The number of anilines is 1. The van der Waals surface area contributed by atoms with E-state index in [2.05, 4.69) is 17.7 Å². The maximum Gasteiger partial charge on any atom is 0.376 e. The highest BCUT2D eigenvalue weighted by atomic mass is 32.1. The second-order valence-electron chi connectivity index (χ2n) is 5.65. The molecule has 0 saturated heterocycles. The number of ether oxygens (including phenoxy) is 1. The number of rotatable bonds is 6. The van der Waals surface area contributed by atoms with Crippen molar-refractivity contribution in [3.05, 3.63) is 64.9 Å². The Morgan fingerprint density at radius 3 is 2.72 bits per heavy atom. The maximum atomic E-state index is 12.4. The number of nitrogens with zero attached hydrogens (tertiary/aromatic N) is 3. The highest BCUT2D eigenvalue weighted by molar-refractivity contribution is 7.10. The maximum absolute atomic E-state index is 12.4. The average molecular weight is 355 g/mol. The van der Waals surface area contributed by atoms with Gasteiger partial charge in [-0.1, -0.05) is 29.8 Å². The van der Waals surface area contributed by atoms with Gasteiger partial charge in [0.25, 0.3) is 0 Å². The number of aryl methyl sites for hydroxylation is 1. The number of carbonyl (C=O) groups is 1. The summed E-state index contributed by atoms with van der Waals surface area (Å²) in [7, 11) is 0. The Labute approximate surface area is 151 Å². The molecule has 1 aromatic heterocycles. The number of esters is 1. The van der Waals surface area contributed by atoms with Gasteiger partial charge in [0.1, 0.15) is 0 Å². The number of thiophene rings is 1. The Kier molecular flexibility index (Phi) is 5.19. The van der Waals surface area contributed by atoms with Crippen molar-refractivity contribution in [2.24, 2.45) is 5.10 Å². The first-order valence-electron chi connectivity index (χ1n) is 8.18. The second kappa shape index (κ2) is 7.53. The fourth-order valence-corrected chi connectivity index (χ4v) is 3.57. The smallest absolute Gasteiger partial charge is 0.376 e. The lowest BCUT2D eigenvalue weighted by Crippen LogP contribution is -2.38. The molecular weight excluding hydrogens is 334 g/mol. The van der Waals surface area contributed by atoms with E-state index in [0.29, 0.717) is 19.0 Å². The quantitative estimate of drug-likeness (QED) is 0.582. The van der Waals surface area contributed by atoms with Crippen LogP contribution in [-0.4, -0.2) is 29.9 Å². The fourth-order valence-electron chi connectivity index (χ4n) is 2.75. The predicted molar refractivity (Wildman–Crippen MR) is 102 cm³/mol. The Hall–Kier alpha value is -2.60. The van der Waals surface area contributed by atoms with E-state index < -0.39 is 5.97 Å². The van der Waals surface area contributed by atoms with Crippen LogP contribution in [-0.2, 0) is 9.53 Å². The number of hydrazone groups is 1. The number of amidine groups is 1. The van der Waals surface area contributed by atoms with Crippen molar-refractivity contribution in [2.75, 3.05) is 18.2 Å². The van der Waals surface area contributed by atoms with Gasteiger partial charge in [-0.2, -0.15) is 0 Å². The van der Waals surface area contributed by atoms with E-state index in [-0.39, 0.29) is 6.17 Å². The SMILES string of the molecule is C=CCN1C(C(=O)OCC)=NN(c2ccc(C)cc2)C1c1cccs1. The van der Waals surface area contributed by atoms with Crippen molar-refractivity contribution < 1.29 is 9.53 Å². The van der Waals surface area contributed by atoms with E-state index in [9.17, 15) is 4.79 Å². The molecule has 0 aliphatic carbocycles. The fraction of sp³-hybridized carbons (Fsp3) is 0.263. The van der Waals surface area contributed by atoms with Crippen LogP contribution in [0.15, 0.2) is 59.5 Å². The lowest BCUT2D eigenvalue weighted by atomic mass is 10.2. The zero-order chi connectivity index (χ0) is 17.8. The summed E-state index contributed by atoms with van der Waals surface area (Å²) in [5, 5.41) is 8.51. The van der Waals surface area contributed by atoms with Gasteiger partial charge < -0.3 is 9.64 Å². The third-order valence-corrected chi connectivity index (χ3v) is 4.79. The molecule has 0 spiro atoms. The van der Waals surface area contributed by atoms with Crippen LogP contribution in [0.1, 0.15) is 23.5 Å². The molecule has 3 rings (SSSR count). The van der Waals surface area contributed by atoms with Crippen LogP contribution in [0.4, 0.5) is 5.69 Å². The molecule has 0 fully saturated rings. The number of hydrogen-bond acceptors (Lipinski definition) is 6. The third-order valence-electron chi connectivity index (χ3n) is 3.88. The van der Waals surface area contributed by atoms with Gasteiger partial charge in [-0.15, -0.1) is 23.0 Å². The molecule has 0 bridgehead atoms. The molecule has 1 unspecified atom stereocenters. The van der Waals surface area contributed by atoms with Crippen LogP contribution in [0.25, 0.3) is 0 Å². The summed E-state index contributed by atoms with van der Waals surface area (Å²) in [4.78, 5) is 15.5. The van der Waals surface area contributed by atoms with Crippen LogP contribution < -0.4 is 5.01 Å². The highest BCUT2D eigenvalue weighted by Crippen LogP contribution is 2.37. The Morgan fingerprint density at radius 2 is 2.12 bits per heavy atom. The number of carbonyl (C=O) groups excluding carboxylic acids is 1. The molecule has 130 valence electrons. The zero-order valence-electron chi connectivity index (χ0n) is 14.4. The van der Waals surface area contributed by atoms with Crippen molar-refractivity contribution in [3.8, 4) is 0 Å². The molecule has 5 nitrogen and oxygen atoms in total. The molecule has 6 heteroatoms. The van der Waals surface area contributed by atoms with Gasteiger partial charge in [-0.05, 0) is 37.4 Å². The van der Waals surface area contributed by atoms with Crippen LogP contribution in [0.3, 0.4) is 0 Å². The van der Waals surface area contributed by atoms with E-state index in [1.54, 1.807) is 24.3 Å². The molecule has 0 saturated carbocycles. The number of hydrogen-bond donors (Lipinski definition) is 0. The summed E-state index contributed by atoms with van der Waals surface area (Å²) >= 11 is 1.64. The largest absolute Gasteiger partial charge is 0.460 e. The second-order valence-corrected chi connectivity index (χ2v) is 6.63. The van der Waals surface area contributed by atoms with Gasteiger partial charge in [-0.25, -0.2) is 9.80 Å². The summed E-state index contributed by atoms with van der Waals surface area (Å²) in [5.41, 5.74) is 2.10. The van der Waals surface area contributed by atoms with Crippen molar-refractivity contribution in [1.82, 2.24) is 4.90 Å². The van der Waals surface area contributed by atoms with Crippen LogP contribution in [0, 0.1) is 6.92 Å². The van der Waals surface area contributed by atoms with Gasteiger partial charge in [0.2, 0.25) is 5.84 Å². The van der Waals surface area contributed by atoms with Crippen molar-refractivity contribution >= 4 is 28.8 Å². The molecule has 1 atom stereocenters. The summed E-state index contributed by atoms with van der Waals surface area (Å²) < 4.78 is 5.20. The normalized spacial score (nSPS) is 16.7. The van der Waals surface area contributed by atoms with Crippen molar-refractivity contribution in [1.29, 1.82) is 0 Å². The standard InChI is InChI=1S/C19H21N3O2S/c1-4-12-21-17(19(23)24-5-2)20-22(15-10-8-14(3)9-11-15)18(21)16-7-6-13-25-16/h4,6-11,13,18H,1,5,12H2,2-3H3. The molecular formula is C19H21N3O2S. The van der Waals surface area contributed by atoms with Gasteiger partial charge in [0.15, 0.2) is 6.17 Å². The molecule has 1 aromatic carbocycles. The lowest BCUT2D eigenvalue weighted by molar-refractivity contribution is -0.135. The summed E-state index contributed by atoms with van der Waals surface area (Å²) in [6.07, 6.45) is 1.58. The molecule has 1 aliphatic heterocycles. The predicted octanol–water partition coefficient (Wildman–Crippen LogP) is 3.94. The minimum atomic E-state index is -0.416. The van der Waals surface area contributed by atoms with E-state index in [1.165, 1.54) is 5.56 Å². The summed E-state index contributed by atoms with van der Waals surface area (Å²) in [5.74, 6) is -0.110. The minimum Gasteiger partial charge on any atom is -0.460 e.